The van der Waals surface area contributed by atoms with Gasteiger partial charge in [-0.3, -0.25) is 10.3 Å². The fraction of sp³-hybridized carbons (Fsp3) is 0.304. The average Bonchev–Trinajstić information content (AvgIpc) is 3.08. The number of hydrogen-bond acceptors (Lipinski definition) is 6. The van der Waals surface area contributed by atoms with Crippen LogP contribution in [0, 0.1) is 5.41 Å². The fourth-order valence-corrected chi connectivity index (χ4v) is 3.77. The van der Waals surface area contributed by atoms with Crippen molar-refractivity contribution in [2.45, 2.75) is 6.42 Å². The lowest BCUT2D eigenvalue weighted by molar-refractivity contribution is 0.137. The van der Waals surface area contributed by atoms with Crippen LogP contribution in [0.2, 0.25) is 0 Å². The molecule has 1 saturated heterocycles. The molecule has 0 atom stereocenters. The minimum absolute atomic E-state index is 0.387. The van der Waals surface area contributed by atoms with Crippen molar-refractivity contribution in [2.24, 2.45) is 0 Å². The highest BCUT2D eigenvalue weighted by Crippen LogP contribution is 2.24. The maximum Gasteiger partial charge on any atom is 0.155 e. The Morgan fingerprint density at radius 1 is 1.10 bits per heavy atom. The Hall–Kier alpha value is -3.16. The summed E-state index contributed by atoms with van der Waals surface area (Å²) in [4.78, 5) is 6.82. The van der Waals surface area contributed by atoms with Crippen molar-refractivity contribution in [1.82, 2.24) is 14.3 Å². The number of aromatic nitrogens is 2. The third-order valence-corrected chi connectivity index (χ3v) is 5.40. The molecule has 0 bridgehead atoms. The number of fused-ring (bicyclic) bond motifs is 2. The van der Waals surface area contributed by atoms with Gasteiger partial charge < -0.3 is 18.3 Å². The van der Waals surface area contributed by atoms with Crippen LogP contribution >= 0.6 is 0 Å². The van der Waals surface area contributed by atoms with Gasteiger partial charge in [-0.2, -0.15) is 0 Å². The van der Waals surface area contributed by atoms with Gasteiger partial charge in [0.05, 0.1) is 18.3 Å². The van der Waals surface area contributed by atoms with E-state index in [9.17, 15) is 0 Å². The van der Waals surface area contributed by atoms with Crippen LogP contribution in [0.4, 0.5) is 0 Å². The van der Waals surface area contributed by atoms with Gasteiger partial charge in [-0.05, 0) is 42.8 Å². The smallest absolute Gasteiger partial charge is 0.155 e. The predicted molar refractivity (Wildman–Crippen MR) is 114 cm³/mol. The Morgan fingerprint density at radius 3 is 3.03 bits per heavy atom. The minimum Gasteiger partial charge on any atom is -0.492 e. The predicted octanol–water partition coefficient (Wildman–Crippen LogP) is 3.33. The largest absolute Gasteiger partial charge is 0.492 e. The van der Waals surface area contributed by atoms with E-state index in [1.807, 2.05) is 47.0 Å². The quantitative estimate of drug-likeness (QED) is 0.552. The summed E-state index contributed by atoms with van der Waals surface area (Å²) in [6, 6.07) is 13.3. The first-order valence-electron chi connectivity index (χ1n) is 10.2. The zero-order valence-corrected chi connectivity index (χ0v) is 16.7. The summed E-state index contributed by atoms with van der Waals surface area (Å²) in [5, 5.41) is 9.59. The van der Waals surface area contributed by atoms with Gasteiger partial charge in [-0.25, -0.2) is 4.98 Å². The van der Waals surface area contributed by atoms with Crippen molar-refractivity contribution in [2.75, 3.05) is 39.5 Å². The van der Waals surface area contributed by atoms with Crippen LogP contribution in [0.25, 0.3) is 27.9 Å². The first-order chi connectivity index (χ1) is 14.8. The second kappa shape index (κ2) is 8.30. The van der Waals surface area contributed by atoms with Gasteiger partial charge in [0.15, 0.2) is 5.76 Å². The van der Waals surface area contributed by atoms with E-state index >= 15 is 0 Å². The van der Waals surface area contributed by atoms with Crippen LogP contribution in [-0.2, 0) is 4.74 Å². The molecule has 3 aromatic heterocycles. The van der Waals surface area contributed by atoms with Crippen molar-refractivity contribution < 1.29 is 13.9 Å². The second-order valence-electron chi connectivity index (χ2n) is 7.45. The second-order valence-corrected chi connectivity index (χ2v) is 7.45. The molecule has 1 N–H and O–H groups in total. The Kier molecular flexibility index (Phi) is 5.21. The lowest BCUT2D eigenvalue weighted by Crippen LogP contribution is -2.30. The molecule has 0 aliphatic carbocycles. The van der Waals surface area contributed by atoms with E-state index in [2.05, 4.69) is 9.88 Å². The maximum atomic E-state index is 8.47. The Bertz CT molecular complexity index is 1220. The van der Waals surface area contributed by atoms with E-state index in [-0.39, 0.29) is 0 Å². The van der Waals surface area contributed by atoms with Crippen molar-refractivity contribution in [3.63, 3.8) is 0 Å². The highest BCUT2D eigenvalue weighted by atomic mass is 16.5. The molecule has 0 unspecified atom stereocenters. The van der Waals surface area contributed by atoms with E-state index in [0.29, 0.717) is 29.0 Å². The van der Waals surface area contributed by atoms with Gasteiger partial charge in [0.1, 0.15) is 23.6 Å². The van der Waals surface area contributed by atoms with Crippen molar-refractivity contribution in [1.29, 1.82) is 5.41 Å². The van der Waals surface area contributed by atoms with Crippen molar-refractivity contribution in [3.05, 3.63) is 60.3 Å². The van der Waals surface area contributed by atoms with Crippen LogP contribution in [0.15, 0.2) is 59.4 Å². The van der Waals surface area contributed by atoms with E-state index in [1.165, 1.54) is 0 Å². The number of ether oxygens (including phenoxy) is 2. The normalized spacial score (nSPS) is 15.5. The molecule has 1 aliphatic heterocycles. The van der Waals surface area contributed by atoms with Crippen LogP contribution in [0.5, 0.6) is 5.75 Å². The van der Waals surface area contributed by atoms with E-state index in [4.69, 9.17) is 19.3 Å². The topological polar surface area (TPSA) is 76.0 Å². The molecule has 0 saturated carbocycles. The Labute approximate surface area is 174 Å². The van der Waals surface area contributed by atoms with E-state index < -0.39 is 0 Å². The Morgan fingerprint density at radius 2 is 2.07 bits per heavy atom. The summed E-state index contributed by atoms with van der Waals surface area (Å²) in [5.74, 6) is 1.33. The summed E-state index contributed by atoms with van der Waals surface area (Å²) in [7, 11) is 0. The summed E-state index contributed by atoms with van der Waals surface area (Å²) in [5.41, 5.74) is 2.38. The van der Waals surface area contributed by atoms with E-state index in [0.717, 1.165) is 55.9 Å². The average molecular weight is 404 g/mol. The summed E-state index contributed by atoms with van der Waals surface area (Å²) in [6.45, 7) is 5.09. The number of rotatable bonds is 5. The van der Waals surface area contributed by atoms with Crippen LogP contribution in [0.1, 0.15) is 6.42 Å². The molecule has 1 aromatic carbocycles. The highest BCUT2D eigenvalue weighted by Gasteiger charge is 2.11. The van der Waals surface area contributed by atoms with Gasteiger partial charge in [0, 0.05) is 49.4 Å². The first kappa shape index (κ1) is 18.8. The molecule has 7 nitrogen and oxygen atoms in total. The molecule has 4 heterocycles. The lowest BCUT2D eigenvalue weighted by atomic mass is 10.2. The molecule has 1 aliphatic rings. The first-order valence-corrected chi connectivity index (χ1v) is 10.2. The van der Waals surface area contributed by atoms with Gasteiger partial charge >= 0.3 is 0 Å². The Balaban J connectivity index is 1.34. The number of hydrogen-bond donors (Lipinski definition) is 1. The molecule has 0 amide bonds. The molecule has 154 valence electrons. The van der Waals surface area contributed by atoms with Gasteiger partial charge in [-0.15, -0.1) is 0 Å². The van der Waals surface area contributed by atoms with Crippen molar-refractivity contribution in [3.8, 4) is 17.2 Å². The fourth-order valence-electron chi connectivity index (χ4n) is 3.77. The molecule has 5 rings (SSSR count). The monoisotopic (exact) mass is 404 g/mol. The van der Waals surface area contributed by atoms with Crippen molar-refractivity contribution >= 4 is 16.5 Å². The molecular formula is C23H24N4O3. The minimum atomic E-state index is 0.387. The summed E-state index contributed by atoms with van der Waals surface area (Å²) < 4.78 is 19.4. The molecule has 30 heavy (non-hydrogen) atoms. The summed E-state index contributed by atoms with van der Waals surface area (Å²) >= 11 is 0. The lowest BCUT2D eigenvalue weighted by Gasteiger charge is -2.19. The zero-order valence-electron chi connectivity index (χ0n) is 16.7. The van der Waals surface area contributed by atoms with Crippen LogP contribution in [0.3, 0.4) is 0 Å². The number of nitrogens with one attached hydrogen (secondary N) is 1. The number of benzene rings is 1. The number of nitrogens with zero attached hydrogens (tertiary/aromatic N) is 3. The van der Waals surface area contributed by atoms with Gasteiger partial charge in [0.25, 0.3) is 0 Å². The molecule has 7 heteroatoms. The van der Waals surface area contributed by atoms with Crippen LogP contribution < -0.4 is 10.1 Å². The molecular weight excluding hydrogens is 380 g/mol. The highest BCUT2D eigenvalue weighted by molar-refractivity contribution is 5.79. The van der Waals surface area contributed by atoms with Gasteiger partial charge in [-0.1, -0.05) is 0 Å². The molecule has 0 radical (unpaired) electrons. The third kappa shape index (κ3) is 3.94. The third-order valence-electron chi connectivity index (χ3n) is 5.40. The van der Waals surface area contributed by atoms with Crippen LogP contribution in [-0.4, -0.2) is 53.7 Å². The SMILES string of the molecule is N=c1cc(-c2cc3cccn3cn2)oc2ccc(OCCN3CCCOCC3)cc12. The molecule has 4 aromatic rings. The maximum absolute atomic E-state index is 8.47. The van der Waals surface area contributed by atoms with E-state index in [1.54, 1.807) is 12.4 Å². The molecule has 1 fully saturated rings. The zero-order chi connectivity index (χ0) is 20.3. The van der Waals surface area contributed by atoms with Gasteiger partial charge in [0.2, 0.25) is 0 Å². The summed E-state index contributed by atoms with van der Waals surface area (Å²) in [6.07, 6.45) is 4.76. The standard InChI is InChI=1S/C23H24N4O3/c24-20-15-23(21-13-17-3-1-7-27(17)16-25-21)30-22-5-4-18(14-19(20)22)29-12-9-26-6-2-10-28-11-8-26/h1,3-5,7,13-16,24H,2,6,8-12H2. The molecule has 0 spiro atoms.